The Kier molecular flexibility index (Phi) is 8.62. The van der Waals surface area contributed by atoms with E-state index in [1.165, 1.54) is 4.31 Å². The first kappa shape index (κ1) is 26.8. The van der Waals surface area contributed by atoms with E-state index in [0.29, 0.717) is 16.3 Å². The lowest BCUT2D eigenvalue weighted by Crippen LogP contribution is -2.43. The van der Waals surface area contributed by atoms with Crippen LogP contribution in [0.3, 0.4) is 0 Å². The van der Waals surface area contributed by atoms with Crippen molar-refractivity contribution in [2.45, 2.75) is 52.1 Å². The highest BCUT2D eigenvalue weighted by atomic mass is 35.5. The van der Waals surface area contributed by atoms with Crippen molar-refractivity contribution in [1.82, 2.24) is 5.32 Å². The van der Waals surface area contributed by atoms with E-state index in [4.69, 9.17) is 11.6 Å². The molecule has 35 heavy (non-hydrogen) atoms. The molecule has 3 rings (SSSR count). The van der Waals surface area contributed by atoms with Gasteiger partial charge in [0.25, 0.3) is 15.9 Å². The summed E-state index contributed by atoms with van der Waals surface area (Å²) in [5.74, 6) is 0.161. The standard InChI is InChI=1S/C28H33ClN2O3S/c1-19(2)27(20(3)4)30-28(32)25-8-6-7-9-26(25)31(18-22-12-14-23(29)15-13-22)35(33,34)24-16-10-21(5)11-17-24/h6-17,19-20,27H,18H2,1-5H3,(H,30,32). The van der Waals surface area contributed by atoms with E-state index >= 15 is 0 Å². The van der Waals surface area contributed by atoms with E-state index in [2.05, 4.69) is 33.0 Å². The molecule has 0 unspecified atom stereocenters. The van der Waals surface area contributed by atoms with Crippen LogP contribution in [0.5, 0.6) is 0 Å². The van der Waals surface area contributed by atoms with Gasteiger partial charge in [-0.1, -0.05) is 81.3 Å². The van der Waals surface area contributed by atoms with Gasteiger partial charge in [-0.05, 0) is 60.7 Å². The minimum Gasteiger partial charge on any atom is -0.349 e. The van der Waals surface area contributed by atoms with Crippen molar-refractivity contribution in [3.63, 3.8) is 0 Å². The molecule has 1 N–H and O–H groups in total. The van der Waals surface area contributed by atoms with E-state index in [1.54, 1.807) is 72.8 Å². The fourth-order valence-electron chi connectivity index (χ4n) is 4.11. The van der Waals surface area contributed by atoms with Crippen LogP contribution in [0.25, 0.3) is 0 Å². The maximum absolute atomic E-state index is 13.9. The number of nitrogens with one attached hydrogen (secondary N) is 1. The monoisotopic (exact) mass is 512 g/mol. The van der Waals surface area contributed by atoms with Gasteiger partial charge in [0.2, 0.25) is 0 Å². The lowest BCUT2D eigenvalue weighted by Gasteiger charge is -2.29. The van der Waals surface area contributed by atoms with E-state index in [9.17, 15) is 13.2 Å². The predicted molar refractivity (Wildman–Crippen MR) is 143 cm³/mol. The summed E-state index contributed by atoms with van der Waals surface area (Å²) >= 11 is 6.05. The summed E-state index contributed by atoms with van der Waals surface area (Å²) < 4.78 is 29.1. The molecular formula is C28H33ClN2O3S. The van der Waals surface area contributed by atoms with Gasteiger partial charge in [0.15, 0.2) is 0 Å². The molecule has 186 valence electrons. The fourth-order valence-corrected chi connectivity index (χ4v) is 5.71. The highest BCUT2D eigenvalue weighted by Crippen LogP contribution is 2.30. The Balaban J connectivity index is 2.11. The number of anilines is 1. The molecule has 0 aliphatic carbocycles. The molecule has 0 fully saturated rings. The topological polar surface area (TPSA) is 66.5 Å². The number of nitrogens with zero attached hydrogens (tertiary/aromatic N) is 1. The predicted octanol–water partition coefficient (Wildman–Crippen LogP) is 6.45. The molecule has 0 aromatic heterocycles. The van der Waals surface area contributed by atoms with Gasteiger partial charge in [-0.25, -0.2) is 8.42 Å². The van der Waals surface area contributed by atoms with E-state index < -0.39 is 10.0 Å². The summed E-state index contributed by atoms with van der Waals surface area (Å²) in [4.78, 5) is 13.6. The Morgan fingerprint density at radius 3 is 2.03 bits per heavy atom. The SMILES string of the molecule is Cc1ccc(S(=O)(=O)N(Cc2ccc(Cl)cc2)c2ccccc2C(=O)NC(C(C)C)C(C)C)cc1. The second kappa shape index (κ2) is 11.3. The van der Waals surface area contributed by atoms with Gasteiger partial charge in [0.1, 0.15) is 0 Å². The summed E-state index contributed by atoms with van der Waals surface area (Å²) in [7, 11) is -3.98. The first-order valence-electron chi connectivity index (χ1n) is 11.7. The third-order valence-corrected chi connectivity index (χ3v) is 8.03. The van der Waals surface area contributed by atoms with Crippen molar-refractivity contribution in [3.8, 4) is 0 Å². The number of rotatable bonds is 9. The maximum Gasteiger partial charge on any atom is 0.264 e. The second-order valence-electron chi connectivity index (χ2n) is 9.46. The molecule has 1 amide bonds. The Bertz CT molecular complexity index is 1250. The highest BCUT2D eigenvalue weighted by Gasteiger charge is 2.30. The smallest absolute Gasteiger partial charge is 0.264 e. The zero-order valence-electron chi connectivity index (χ0n) is 20.8. The van der Waals surface area contributed by atoms with Gasteiger partial charge < -0.3 is 5.32 Å². The summed E-state index contributed by atoms with van der Waals surface area (Å²) in [6, 6.07) is 20.5. The van der Waals surface area contributed by atoms with Crippen LogP contribution in [0.15, 0.2) is 77.7 Å². The van der Waals surface area contributed by atoms with Crippen molar-refractivity contribution < 1.29 is 13.2 Å². The molecule has 5 nitrogen and oxygen atoms in total. The van der Waals surface area contributed by atoms with Crippen LogP contribution < -0.4 is 9.62 Å². The molecule has 0 saturated carbocycles. The Labute approximate surface area is 214 Å². The quantitative estimate of drug-likeness (QED) is 0.358. The minimum absolute atomic E-state index is 0.0472. The van der Waals surface area contributed by atoms with Gasteiger partial charge in [-0.15, -0.1) is 0 Å². The van der Waals surface area contributed by atoms with Crippen molar-refractivity contribution in [1.29, 1.82) is 0 Å². The molecule has 0 spiro atoms. The van der Waals surface area contributed by atoms with Gasteiger partial charge in [-0.3, -0.25) is 9.10 Å². The van der Waals surface area contributed by atoms with Gasteiger partial charge in [0.05, 0.1) is 22.7 Å². The van der Waals surface area contributed by atoms with E-state index in [-0.39, 0.29) is 35.2 Å². The number of sulfonamides is 1. The van der Waals surface area contributed by atoms with Gasteiger partial charge in [0, 0.05) is 11.1 Å². The molecule has 0 aliphatic rings. The van der Waals surface area contributed by atoms with E-state index in [0.717, 1.165) is 11.1 Å². The number of hydrogen-bond donors (Lipinski definition) is 1. The second-order valence-corrected chi connectivity index (χ2v) is 11.8. The van der Waals surface area contributed by atoms with Crippen LogP contribution in [0, 0.1) is 18.8 Å². The average Bonchev–Trinajstić information content (AvgIpc) is 2.81. The van der Waals surface area contributed by atoms with Crippen LogP contribution in [0.4, 0.5) is 5.69 Å². The van der Waals surface area contributed by atoms with Crippen LogP contribution >= 0.6 is 11.6 Å². The first-order valence-corrected chi connectivity index (χ1v) is 13.6. The van der Waals surface area contributed by atoms with E-state index in [1.807, 2.05) is 6.92 Å². The molecule has 3 aromatic rings. The molecule has 3 aromatic carbocycles. The molecule has 0 bridgehead atoms. The Morgan fingerprint density at radius 2 is 1.46 bits per heavy atom. The highest BCUT2D eigenvalue weighted by molar-refractivity contribution is 7.92. The maximum atomic E-state index is 13.9. The summed E-state index contributed by atoms with van der Waals surface area (Å²) in [5, 5.41) is 3.68. The number of carbonyl (C=O) groups is 1. The lowest BCUT2D eigenvalue weighted by atomic mass is 9.93. The van der Waals surface area contributed by atoms with Crippen LogP contribution in [0.2, 0.25) is 5.02 Å². The molecule has 0 atom stereocenters. The van der Waals surface area contributed by atoms with Crippen molar-refractivity contribution in [2.75, 3.05) is 4.31 Å². The molecule has 0 aliphatic heterocycles. The summed E-state index contributed by atoms with van der Waals surface area (Å²) in [6.45, 7) is 10.2. The van der Waals surface area contributed by atoms with Crippen LogP contribution in [-0.4, -0.2) is 20.4 Å². The fraction of sp³-hybridized carbons (Fsp3) is 0.321. The Hall–Kier alpha value is -2.83. The third kappa shape index (κ3) is 6.44. The number of aryl methyl sites for hydroxylation is 1. The number of halogens is 1. The molecule has 0 saturated heterocycles. The number of amides is 1. The minimum atomic E-state index is -3.98. The van der Waals surface area contributed by atoms with Crippen molar-refractivity contribution in [3.05, 3.63) is 94.5 Å². The summed E-state index contributed by atoms with van der Waals surface area (Å²) in [5.41, 5.74) is 2.35. The molecule has 0 heterocycles. The first-order chi connectivity index (χ1) is 16.5. The van der Waals surface area contributed by atoms with Gasteiger partial charge in [-0.2, -0.15) is 0 Å². The largest absolute Gasteiger partial charge is 0.349 e. The normalized spacial score (nSPS) is 11.8. The third-order valence-electron chi connectivity index (χ3n) is 6.00. The number of hydrogen-bond acceptors (Lipinski definition) is 3. The zero-order valence-corrected chi connectivity index (χ0v) is 22.4. The molecule has 0 radical (unpaired) electrons. The Morgan fingerprint density at radius 1 is 0.886 bits per heavy atom. The van der Waals surface area contributed by atoms with Crippen LogP contribution in [-0.2, 0) is 16.6 Å². The molecule has 7 heteroatoms. The summed E-state index contributed by atoms with van der Waals surface area (Å²) in [6.07, 6.45) is 0. The van der Waals surface area contributed by atoms with Crippen molar-refractivity contribution in [2.24, 2.45) is 11.8 Å². The zero-order chi connectivity index (χ0) is 25.8. The average molecular weight is 513 g/mol. The van der Waals surface area contributed by atoms with Gasteiger partial charge >= 0.3 is 0 Å². The number of benzene rings is 3. The molecular weight excluding hydrogens is 480 g/mol. The van der Waals surface area contributed by atoms with Crippen LogP contribution in [0.1, 0.15) is 49.2 Å². The number of carbonyl (C=O) groups excluding carboxylic acids is 1. The number of para-hydroxylation sites is 1. The lowest BCUT2D eigenvalue weighted by molar-refractivity contribution is 0.0911. The van der Waals surface area contributed by atoms with Crippen molar-refractivity contribution >= 4 is 33.2 Å².